The summed E-state index contributed by atoms with van der Waals surface area (Å²) >= 11 is 0. The molecule has 5 nitrogen and oxygen atoms in total. The van der Waals surface area contributed by atoms with Gasteiger partial charge in [-0.15, -0.1) is 0 Å². The second-order valence-electron chi connectivity index (χ2n) is 5.17. The molecule has 110 valence electrons. The van der Waals surface area contributed by atoms with Gasteiger partial charge < -0.3 is 5.11 Å². The fourth-order valence-electron chi connectivity index (χ4n) is 2.10. The third-order valence-electron chi connectivity index (χ3n) is 3.49. The van der Waals surface area contributed by atoms with Crippen LogP contribution in [0.4, 0.5) is 0 Å². The summed E-state index contributed by atoms with van der Waals surface area (Å²) < 4.78 is 1.69. The fourth-order valence-corrected chi connectivity index (χ4v) is 2.10. The minimum absolute atomic E-state index is 0.0990. The number of carboxylic acid groups (broad SMARTS) is 1. The minimum atomic E-state index is -0.936. The van der Waals surface area contributed by atoms with Gasteiger partial charge in [0.15, 0.2) is 0 Å². The third-order valence-corrected chi connectivity index (χ3v) is 3.49. The Morgan fingerprint density at radius 2 is 1.90 bits per heavy atom. The summed E-state index contributed by atoms with van der Waals surface area (Å²) in [6.45, 7) is 5.86. The maximum Gasteiger partial charge on any atom is 0.303 e. The van der Waals surface area contributed by atoms with E-state index in [1.807, 2.05) is 39.0 Å². The van der Waals surface area contributed by atoms with Crippen LogP contribution in [0.5, 0.6) is 0 Å². The van der Waals surface area contributed by atoms with Crippen molar-refractivity contribution in [2.45, 2.75) is 33.6 Å². The molecule has 0 atom stereocenters. The standard InChI is InChI=1S/C16H18N2O3/c1-10-4-5-13(8-11(10)2)18-12(3)9-15(19)14(17-18)6-7-16(20)21/h4-5,8-9H,6-7H2,1-3H3,(H,20,21). The van der Waals surface area contributed by atoms with Gasteiger partial charge in [-0.05, 0) is 44.0 Å². The van der Waals surface area contributed by atoms with Crippen LogP contribution in [0.2, 0.25) is 0 Å². The van der Waals surface area contributed by atoms with Crippen molar-refractivity contribution in [3.8, 4) is 5.69 Å². The number of nitrogens with zero attached hydrogens (tertiary/aromatic N) is 2. The topological polar surface area (TPSA) is 72.2 Å². The Bertz CT molecular complexity index is 748. The Hall–Kier alpha value is -2.43. The molecule has 1 aromatic heterocycles. The van der Waals surface area contributed by atoms with Crippen LogP contribution in [0.15, 0.2) is 29.1 Å². The van der Waals surface area contributed by atoms with Crippen molar-refractivity contribution in [3.63, 3.8) is 0 Å². The first-order valence-electron chi connectivity index (χ1n) is 6.78. The lowest BCUT2D eigenvalue weighted by molar-refractivity contribution is -0.136. The molecule has 5 heteroatoms. The minimum Gasteiger partial charge on any atom is -0.481 e. The molecule has 0 saturated carbocycles. The normalized spacial score (nSPS) is 10.6. The van der Waals surface area contributed by atoms with E-state index in [0.717, 1.165) is 16.9 Å². The van der Waals surface area contributed by atoms with Crippen LogP contribution in [-0.4, -0.2) is 20.9 Å². The Balaban J connectivity index is 2.47. The van der Waals surface area contributed by atoms with Crippen LogP contribution in [0.1, 0.15) is 28.9 Å². The molecule has 0 fully saturated rings. The molecule has 0 amide bonds. The van der Waals surface area contributed by atoms with Crippen molar-refractivity contribution in [2.75, 3.05) is 0 Å². The number of aliphatic carboxylic acids is 1. The number of aryl methyl sites for hydroxylation is 4. The number of hydrogen-bond acceptors (Lipinski definition) is 3. The molecule has 0 aliphatic heterocycles. The molecule has 0 bridgehead atoms. The zero-order valence-electron chi connectivity index (χ0n) is 12.4. The van der Waals surface area contributed by atoms with Crippen molar-refractivity contribution in [2.24, 2.45) is 0 Å². The van der Waals surface area contributed by atoms with E-state index in [4.69, 9.17) is 5.11 Å². The van der Waals surface area contributed by atoms with Crippen LogP contribution in [0, 0.1) is 20.8 Å². The first-order chi connectivity index (χ1) is 9.88. The maximum absolute atomic E-state index is 11.9. The number of hydrogen-bond donors (Lipinski definition) is 1. The maximum atomic E-state index is 11.9. The first-order valence-corrected chi connectivity index (χ1v) is 6.78. The van der Waals surface area contributed by atoms with Crippen molar-refractivity contribution in [1.29, 1.82) is 0 Å². The third kappa shape index (κ3) is 3.37. The monoisotopic (exact) mass is 286 g/mol. The number of aromatic nitrogens is 2. The molecule has 0 aliphatic rings. The summed E-state index contributed by atoms with van der Waals surface area (Å²) in [6, 6.07) is 7.44. The average molecular weight is 286 g/mol. The van der Waals surface area contributed by atoms with E-state index < -0.39 is 5.97 Å². The summed E-state index contributed by atoms with van der Waals surface area (Å²) in [5, 5.41) is 13.1. The second kappa shape index (κ2) is 5.91. The Morgan fingerprint density at radius 1 is 1.19 bits per heavy atom. The summed E-state index contributed by atoms with van der Waals surface area (Å²) in [5.41, 5.74) is 3.98. The molecule has 0 saturated heterocycles. The number of benzene rings is 1. The number of carboxylic acids is 1. The fraction of sp³-hybridized carbons (Fsp3) is 0.312. The van der Waals surface area contributed by atoms with Gasteiger partial charge in [-0.1, -0.05) is 6.07 Å². The van der Waals surface area contributed by atoms with E-state index in [-0.39, 0.29) is 24.0 Å². The van der Waals surface area contributed by atoms with Crippen LogP contribution in [0.25, 0.3) is 5.69 Å². The van der Waals surface area contributed by atoms with Crippen LogP contribution < -0.4 is 5.43 Å². The summed E-state index contributed by atoms with van der Waals surface area (Å²) in [5.74, 6) is -0.936. The van der Waals surface area contributed by atoms with Gasteiger partial charge in [-0.3, -0.25) is 9.59 Å². The lowest BCUT2D eigenvalue weighted by Gasteiger charge is -2.12. The van der Waals surface area contributed by atoms with Crippen molar-refractivity contribution < 1.29 is 9.90 Å². The molecular weight excluding hydrogens is 268 g/mol. The number of carbonyl (C=O) groups is 1. The average Bonchev–Trinajstić information content (AvgIpc) is 2.41. The summed E-state index contributed by atoms with van der Waals surface area (Å²) in [7, 11) is 0. The summed E-state index contributed by atoms with van der Waals surface area (Å²) in [6.07, 6.45) is 0.0392. The van der Waals surface area contributed by atoms with E-state index in [1.165, 1.54) is 11.6 Å². The van der Waals surface area contributed by atoms with Crippen LogP contribution >= 0.6 is 0 Å². The highest BCUT2D eigenvalue weighted by molar-refractivity contribution is 5.66. The van der Waals surface area contributed by atoms with Crippen molar-refractivity contribution in [1.82, 2.24) is 9.78 Å². The van der Waals surface area contributed by atoms with E-state index in [1.54, 1.807) is 4.68 Å². The smallest absolute Gasteiger partial charge is 0.303 e. The Labute approximate surface area is 122 Å². The zero-order valence-corrected chi connectivity index (χ0v) is 12.4. The van der Waals surface area contributed by atoms with Crippen LogP contribution in [-0.2, 0) is 11.2 Å². The lowest BCUT2D eigenvalue weighted by atomic mass is 10.1. The van der Waals surface area contributed by atoms with E-state index in [2.05, 4.69) is 5.10 Å². The molecule has 0 aliphatic carbocycles. The van der Waals surface area contributed by atoms with Gasteiger partial charge in [0.2, 0.25) is 5.43 Å². The van der Waals surface area contributed by atoms with Crippen molar-refractivity contribution in [3.05, 3.63) is 57.0 Å². The van der Waals surface area contributed by atoms with Gasteiger partial charge in [-0.25, -0.2) is 4.68 Å². The predicted molar refractivity (Wildman–Crippen MR) is 80.0 cm³/mol. The van der Waals surface area contributed by atoms with E-state index in [9.17, 15) is 9.59 Å². The van der Waals surface area contributed by atoms with E-state index >= 15 is 0 Å². The highest BCUT2D eigenvalue weighted by Crippen LogP contribution is 2.14. The molecule has 1 aromatic carbocycles. The van der Waals surface area contributed by atoms with Gasteiger partial charge in [0.05, 0.1) is 12.1 Å². The largest absolute Gasteiger partial charge is 0.481 e. The highest BCUT2D eigenvalue weighted by atomic mass is 16.4. The quantitative estimate of drug-likeness (QED) is 0.935. The van der Waals surface area contributed by atoms with Gasteiger partial charge in [-0.2, -0.15) is 5.10 Å². The van der Waals surface area contributed by atoms with Crippen molar-refractivity contribution >= 4 is 5.97 Å². The predicted octanol–water partition coefficient (Wildman–Crippen LogP) is 2.17. The van der Waals surface area contributed by atoms with Gasteiger partial charge in [0, 0.05) is 18.2 Å². The van der Waals surface area contributed by atoms with Crippen LogP contribution in [0.3, 0.4) is 0 Å². The van der Waals surface area contributed by atoms with E-state index in [0.29, 0.717) is 0 Å². The highest BCUT2D eigenvalue weighted by Gasteiger charge is 2.10. The number of rotatable bonds is 4. The molecule has 0 spiro atoms. The van der Waals surface area contributed by atoms with Gasteiger partial charge >= 0.3 is 5.97 Å². The summed E-state index contributed by atoms with van der Waals surface area (Å²) in [4.78, 5) is 22.5. The Morgan fingerprint density at radius 3 is 2.52 bits per heavy atom. The molecular formula is C16H18N2O3. The molecule has 0 radical (unpaired) electrons. The molecule has 2 rings (SSSR count). The zero-order chi connectivity index (χ0) is 15.6. The molecule has 1 N–H and O–H groups in total. The SMILES string of the molecule is Cc1ccc(-n2nc(CCC(=O)O)c(=O)cc2C)cc1C. The van der Waals surface area contributed by atoms with Gasteiger partial charge in [0.1, 0.15) is 5.69 Å². The molecule has 21 heavy (non-hydrogen) atoms. The molecule has 2 aromatic rings. The lowest BCUT2D eigenvalue weighted by Crippen LogP contribution is -2.19. The van der Waals surface area contributed by atoms with Gasteiger partial charge in [0.25, 0.3) is 0 Å². The molecule has 0 unspecified atom stereocenters. The molecule has 1 heterocycles. The first kappa shape index (κ1) is 15.0. The second-order valence-corrected chi connectivity index (χ2v) is 5.17. The Kier molecular flexibility index (Phi) is 4.21.